The molecule has 2 aromatic rings. The average Bonchev–Trinajstić information content (AvgIpc) is 2.94. The van der Waals surface area contributed by atoms with Gasteiger partial charge in [-0.1, -0.05) is 45.6 Å². The summed E-state index contributed by atoms with van der Waals surface area (Å²) in [5.74, 6) is -1.52. The largest absolute Gasteiger partial charge is 0.461 e. The lowest BCUT2D eigenvalue weighted by atomic mass is 9.82. The number of non-ortho nitro benzene ring substituents is 1. The van der Waals surface area contributed by atoms with Crippen LogP contribution in [-0.2, 0) is 36.5 Å². The van der Waals surface area contributed by atoms with Gasteiger partial charge >= 0.3 is 12.1 Å². The van der Waals surface area contributed by atoms with Gasteiger partial charge < -0.3 is 19.2 Å². The lowest BCUT2D eigenvalue weighted by molar-refractivity contribution is -0.384. The van der Waals surface area contributed by atoms with E-state index in [1.807, 2.05) is 6.92 Å². The fraction of sp³-hybridized carbons (Fsp3) is 0.438. The lowest BCUT2D eigenvalue weighted by Crippen LogP contribution is -2.64. The Morgan fingerprint density at radius 3 is 2.38 bits per heavy atom. The van der Waals surface area contributed by atoms with Gasteiger partial charge in [-0.05, 0) is 54.4 Å². The van der Waals surface area contributed by atoms with E-state index >= 15 is 0 Å². The predicted molar refractivity (Wildman–Crippen MR) is 170 cm³/mol. The van der Waals surface area contributed by atoms with Crippen molar-refractivity contribution >= 4 is 43.4 Å². The Morgan fingerprint density at radius 2 is 1.80 bits per heavy atom. The Hall–Kier alpha value is -4.36. The standard InChI is InChI=1S/C32H41N3O9Si/c1-8-15-42-31(39)34-25-16-23(12-11-22(25)17-28(37)43-19-21-9-13-24(14-10-21)35(40)41)27(36)18-26-29(30(38)33-26)20(2)44-45(6,7)32(3,4)5/h8-14,16,20,26,29H,1,15,17-19H2,2-7H3,(H,33,38)(H,34,39)/t20-,26-,29-/m1/s1. The number of benzene rings is 2. The van der Waals surface area contributed by atoms with E-state index in [1.54, 1.807) is 12.1 Å². The first kappa shape index (κ1) is 35.1. The number of amides is 2. The Kier molecular flexibility index (Phi) is 11.4. The molecule has 3 atom stereocenters. The molecule has 12 nitrogen and oxygen atoms in total. The number of Topliss-reactive ketones (excluding diaryl/α,β-unsaturated/α-hetero) is 1. The number of hydrogen-bond acceptors (Lipinski definition) is 9. The number of carbonyl (C=O) groups excluding carboxylic acids is 4. The fourth-order valence-corrected chi connectivity index (χ4v) is 6.02. The quantitative estimate of drug-likeness (QED) is 0.0501. The summed E-state index contributed by atoms with van der Waals surface area (Å²) in [5, 5.41) is 16.2. The number of nitro benzene ring substituents is 1. The van der Waals surface area contributed by atoms with E-state index in [1.165, 1.54) is 36.4 Å². The second-order valence-corrected chi connectivity index (χ2v) is 17.3. The highest BCUT2D eigenvalue weighted by atomic mass is 28.4. The maximum absolute atomic E-state index is 13.4. The van der Waals surface area contributed by atoms with Crippen molar-refractivity contribution in [2.24, 2.45) is 5.92 Å². The number of ether oxygens (including phenoxy) is 2. The maximum atomic E-state index is 13.4. The van der Waals surface area contributed by atoms with E-state index in [0.717, 1.165) is 0 Å². The zero-order valence-electron chi connectivity index (χ0n) is 26.5. The van der Waals surface area contributed by atoms with Crippen molar-refractivity contribution in [1.29, 1.82) is 0 Å². The van der Waals surface area contributed by atoms with Gasteiger partial charge in [0.2, 0.25) is 5.91 Å². The Morgan fingerprint density at radius 1 is 1.13 bits per heavy atom. The summed E-state index contributed by atoms with van der Waals surface area (Å²) in [4.78, 5) is 61.2. The van der Waals surface area contributed by atoms with E-state index in [4.69, 9.17) is 13.9 Å². The van der Waals surface area contributed by atoms with Crippen molar-refractivity contribution in [1.82, 2.24) is 5.32 Å². The van der Waals surface area contributed by atoms with E-state index < -0.39 is 37.3 Å². The van der Waals surface area contributed by atoms with Gasteiger partial charge in [-0.2, -0.15) is 0 Å². The number of hydrogen-bond donors (Lipinski definition) is 2. The molecule has 13 heteroatoms. The molecule has 1 fully saturated rings. The molecule has 2 aromatic carbocycles. The van der Waals surface area contributed by atoms with Gasteiger partial charge in [-0.15, -0.1) is 0 Å². The van der Waals surface area contributed by atoms with Crippen molar-refractivity contribution in [3.8, 4) is 0 Å². The first-order valence-electron chi connectivity index (χ1n) is 14.6. The highest BCUT2D eigenvalue weighted by Crippen LogP contribution is 2.39. The highest BCUT2D eigenvalue weighted by Gasteiger charge is 2.48. The number of esters is 1. The van der Waals surface area contributed by atoms with Crippen LogP contribution >= 0.6 is 0 Å². The van der Waals surface area contributed by atoms with E-state index in [2.05, 4.69) is 51.1 Å². The van der Waals surface area contributed by atoms with Crippen LogP contribution in [0.15, 0.2) is 55.1 Å². The normalized spacial score (nSPS) is 16.9. The Labute approximate surface area is 263 Å². The Balaban J connectivity index is 1.72. The fourth-order valence-electron chi connectivity index (χ4n) is 4.59. The summed E-state index contributed by atoms with van der Waals surface area (Å²) in [6.45, 7) is 15.8. The monoisotopic (exact) mass is 639 g/mol. The van der Waals surface area contributed by atoms with Gasteiger partial charge in [-0.3, -0.25) is 29.8 Å². The summed E-state index contributed by atoms with van der Waals surface area (Å²) in [6, 6.07) is 9.75. The molecular weight excluding hydrogens is 598 g/mol. The van der Waals surface area contributed by atoms with Crippen LogP contribution in [-0.4, -0.2) is 55.7 Å². The van der Waals surface area contributed by atoms with Crippen molar-refractivity contribution in [3.05, 3.63) is 81.9 Å². The average molecular weight is 640 g/mol. The maximum Gasteiger partial charge on any atom is 0.411 e. The third kappa shape index (κ3) is 9.32. The molecule has 0 aliphatic carbocycles. The summed E-state index contributed by atoms with van der Waals surface area (Å²) in [6.07, 6.45) is 0.0200. The number of anilines is 1. The minimum atomic E-state index is -2.15. The van der Waals surface area contributed by atoms with Crippen LogP contribution in [0.5, 0.6) is 0 Å². The number of rotatable bonds is 14. The third-order valence-electron chi connectivity index (χ3n) is 8.14. The molecule has 3 rings (SSSR count). The first-order chi connectivity index (χ1) is 21.0. The van der Waals surface area contributed by atoms with E-state index in [9.17, 15) is 29.3 Å². The minimum Gasteiger partial charge on any atom is -0.461 e. The lowest BCUT2D eigenvalue weighted by Gasteiger charge is -2.45. The predicted octanol–water partition coefficient (Wildman–Crippen LogP) is 5.71. The second-order valence-electron chi connectivity index (χ2n) is 12.5. The molecule has 0 spiro atoms. The van der Waals surface area contributed by atoms with Gasteiger partial charge in [0, 0.05) is 29.8 Å². The SMILES string of the molecule is C=CCOC(=O)Nc1cc(C(=O)C[C@H]2NC(=O)[C@@H]2[C@@H](C)O[Si](C)(C)C(C)(C)C)ccc1CC(=O)OCc1ccc([N+](=O)[O-])cc1. The molecule has 0 radical (unpaired) electrons. The number of β-lactam (4-membered cyclic amide) rings is 1. The summed E-state index contributed by atoms with van der Waals surface area (Å²) < 4.78 is 16.8. The van der Waals surface area contributed by atoms with E-state index in [-0.39, 0.29) is 65.8 Å². The summed E-state index contributed by atoms with van der Waals surface area (Å²) in [7, 11) is -2.15. The van der Waals surface area contributed by atoms with Crippen molar-refractivity contribution < 1.29 is 38.0 Å². The van der Waals surface area contributed by atoms with Gasteiger partial charge in [0.25, 0.3) is 5.69 Å². The second kappa shape index (κ2) is 14.6. The molecule has 1 heterocycles. The topological polar surface area (TPSA) is 163 Å². The molecule has 0 unspecified atom stereocenters. The van der Waals surface area contributed by atoms with Crippen molar-refractivity contribution in [2.75, 3.05) is 11.9 Å². The zero-order chi connectivity index (χ0) is 33.5. The molecule has 1 saturated heterocycles. The molecule has 2 N–H and O–H groups in total. The van der Waals surface area contributed by atoms with Gasteiger partial charge in [0.05, 0.1) is 29.4 Å². The third-order valence-corrected chi connectivity index (χ3v) is 12.7. The molecule has 0 bridgehead atoms. The molecule has 242 valence electrons. The summed E-state index contributed by atoms with van der Waals surface area (Å²) in [5.41, 5.74) is 1.32. The summed E-state index contributed by atoms with van der Waals surface area (Å²) >= 11 is 0. The van der Waals surface area contributed by atoms with Crippen LogP contribution in [0, 0.1) is 16.0 Å². The van der Waals surface area contributed by atoms with Crippen molar-refractivity contribution in [3.63, 3.8) is 0 Å². The molecular formula is C32H41N3O9Si. The minimum absolute atomic E-state index is 0.0264. The van der Waals surface area contributed by atoms with Crippen LogP contribution < -0.4 is 10.6 Å². The number of nitrogens with one attached hydrogen (secondary N) is 2. The van der Waals surface area contributed by atoms with E-state index in [0.29, 0.717) is 11.1 Å². The number of carbonyl (C=O) groups is 4. The number of nitrogens with zero attached hydrogens (tertiary/aromatic N) is 1. The zero-order valence-corrected chi connectivity index (χ0v) is 27.5. The van der Waals surface area contributed by atoms with Crippen LogP contribution in [0.1, 0.15) is 55.6 Å². The van der Waals surface area contributed by atoms with Crippen LogP contribution in [0.2, 0.25) is 18.1 Å². The van der Waals surface area contributed by atoms with Crippen LogP contribution in [0.4, 0.5) is 16.2 Å². The molecule has 1 aliphatic heterocycles. The molecule has 45 heavy (non-hydrogen) atoms. The molecule has 1 aliphatic rings. The number of nitro groups is 1. The molecule has 2 amide bonds. The molecule has 0 saturated carbocycles. The first-order valence-corrected chi connectivity index (χ1v) is 17.5. The molecule has 0 aromatic heterocycles. The number of ketones is 1. The van der Waals surface area contributed by atoms with Crippen LogP contribution in [0.25, 0.3) is 0 Å². The van der Waals surface area contributed by atoms with Gasteiger partial charge in [0.1, 0.15) is 13.2 Å². The van der Waals surface area contributed by atoms with Gasteiger partial charge in [-0.25, -0.2) is 4.79 Å². The van der Waals surface area contributed by atoms with Crippen molar-refractivity contribution in [2.45, 2.75) is 77.4 Å². The van der Waals surface area contributed by atoms with Gasteiger partial charge in [0.15, 0.2) is 14.1 Å². The van der Waals surface area contributed by atoms with Crippen LogP contribution in [0.3, 0.4) is 0 Å². The Bertz CT molecular complexity index is 1450. The highest BCUT2D eigenvalue weighted by molar-refractivity contribution is 6.74. The smallest absolute Gasteiger partial charge is 0.411 e.